The lowest BCUT2D eigenvalue weighted by molar-refractivity contribution is 0.0689. The predicted molar refractivity (Wildman–Crippen MR) is 74.6 cm³/mol. The lowest BCUT2D eigenvalue weighted by atomic mass is 10.0. The third-order valence-electron chi connectivity index (χ3n) is 3.33. The molecule has 1 unspecified atom stereocenters. The minimum atomic E-state index is -0.989. The van der Waals surface area contributed by atoms with Crippen LogP contribution < -0.4 is 0 Å². The minimum Gasteiger partial charge on any atom is -0.476 e. The zero-order valence-electron chi connectivity index (χ0n) is 10.8. The maximum Gasteiger partial charge on any atom is 0.356 e. The van der Waals surface area contributed by atoms with E-state index in [1.54, 1.807) is 17.8 Å². The SMILES string of the molecule is CC1Cc2c(cccc2-c2cc(C(=O)O)nn2C)S1. The Balaban J connectivity index is 2.14. The Kier molecular flexibility index (Phi) is 2.86. The summed E-state index contributed by atoms with van der Waals surface area (Å²) in [6, 6.07) is 7.83. The van der Waals surface area contributed by atoms with Crippen LogP contribution >= 0.6 is 11.8 Å². The molecule has 5 heteroatoms. The van der Waals surface area contributed by atoms with E-state index >= 15 is 0 Å². The molecule has 1 atom stereocenters. The Morgan fingerprint density at radius 3 is 3.00 bits per heavy atom. The number of benzene rings is 1. The fourth-order valence-corrected chi connectivity index (χ4v) is 3.67. The van der Waals surface area contributed by atoms with E-state index in [4.69, 9.17) is 5.11 Å². The number of aryl methyl sites for hydroxylation is 1. The molecule has 1 N–H and O–H groups in total. The van der Waals surface area contributed by atoms with Gasteiger partial charge in [-0.05, 0) is 24.1 Å². The van der Waals surface area contributed by atoms with Crippen LogP contribution in [0.4, 0.5) is 0 Å². The van der Waals surface area contributed by atoms with Gasteiger partial charge in [0.25, 0.3) is 0 Å². The summed E-state index contributed by atoms with van der Waals surface area (Å²) in [5.74, 6) is -0.989. The molecule has 1 aromatic carbocycles. The van der Waals surface area contributed by atoms with Crippen molar-refractivity contribution >= 4 is 17.7 Å². The van der Waals surface area contributed by atoms with Crippen molar-refractivity contribution < 1.29 is 9.90 Å². The van der Waals surface area contributed by atoms with Gasteiger partial charge in [0.05, 0.1) is 5.69 Å². The molecule has 2 heterocycles. The van der Waals surface area contributed by atoms with Crippen LogP contribution in [0, 0.1) is 0 Å². The molecule has 1 aliphatic rings. The highest BCUT2D eigenvalue weighted by Gasteiger charge is 2.23. The van der Waals surface area contributed by atoms with E-state index in [-0.39, 0.29) is 5.69 Å². The second-order valence-corrected chi connectivity index (χ2v) is 6.24. The topological polar surface area (TPSA) is 55.1 Å². The highest BCUT2D eigenvalue weighted by molar-refractivity contribution is 8.00. The largest absolute Gasteiger partial charge is 0.476 e. The summed E-state index contributed by atoms with van der Waals surface area (Å²) in [4.78, 5) is 12.3. The van der Waals surface area contributed by atoms with Gasteiger partial charge >= 0.3 is 5.97 Å². The first-order valence-corrected chi connectivity index (χ1v) is 7.00. The van der Waals surface area contributed by atoms with Crippen molar-refractivity contribution in [1.29, 1.82) is 0 Å². The van der Waals surface area contributed by atoms with Crippen molar-refractivity contribution in [3.05, 3.63) is 35.5 Å². The Hall–Kier alpha value is -1.75. The first-order chi connectivity index (χ1) is 9.06. The van der Waals surface area contributed by atoms with Crippen molar-refractivity contribution in [3.8, 4) is 11.3 Å². The number of carboxylic acid groups (broad SMARTS) is 1. The smallest absolute Gasteiger partial charge is 0.356 e. The third-order valence-corrected chi connectivity index (χ3v) is 4.53. The maximum absolute atomic E-state index is 11.0. The Morgan fingerprint density at radius 2 is 2.32 bits per heavy atom. The van der Waals surface area contributed by atoms with Gasteiger partial charge in [0, 0.05) is 22.8 Å². The number of carboxylic acids is 1. The molecule has 0 fully saturated rings. The fraction of sp³-hybridized carbons (Fsp3) is 0.286. The van der Waals surface area contributed by atoms with Gasteiger partial charge in [0.1, 0.15) is 0 Å². The molecule has 0 radical (unpaired) electrons. The van der Waals surface area contributed by atoms with Crippen LogP contribution in [-0.4, -0.2) is 26.1 Å². The van der Waals surface area contributed by atoms with E-state index in [1.165, 1.54) is 10.5 Å². The molecule has 1 aliphatic heterocycles. The summed E-state index contributed by atoms with van der Waals surface area (Å²) in [6.45, 7) is 2.21. The summed E-state index contributed by atoms with van der Waals surface area (Å²) in [5, 5.41) is 13.6. The molecule has 0 amide bonds. The lowest BCUT2D eigenvalue weighted by Crippen LogP contribution is -2.00. The summed E-state index contributed by atoms with van der Waals surface area (Å²) in [5.41, 5.74) is 3.36. The van der Waals surface area contributed by atoms with Gasteiger partial charge in [-0.15, -0.1) is 11.8 Å². The summed E-state index contributed by atoms with van der Waals surface area (Å²) in [6.07, 6.45) is 1.02. The lowest BCUT2D eigenvalue weighted by Gasteiger charge is -2.07. The Morgan fingerprint density at radius 1 is 1.53 bits per heavy atom. The number of aromatic nitrogens is 2. The molecule has 4 nitrogen and oxygen atoms in total. The van der Waals surface area contributed by atoms with Crippen LogP contribution in [0.1, 0.15) is 23.0 Å². The van der Waals surface area contributed by atoms with E-state index in [9.17, 15) is 4.79 Å². The van der Waals surface area contributed by atoms with Crippen LogP contribution in [0.5, 0.6) is 0 Å². The van der Waals surface area contributed by atoms with Gasteiger partial charge in [-0.3, -0.25) is 4.68 Å². The number of fused-ring (bicyclic) bond motifs is 1. The zero-order chi connectivity index (χ0) is 13.6. The van der Waals surface area contributed by atoms with Crippen LogP contribution in [0.15, 0.2) is 29.2 Å². The van der Waals surface area contributed by atoms with E-state index in [2.05, 4.69) is 18.1 Å². The molecule has 98 valence electrons. The number of carbonyl (C=O) groups is 1. The number of nitrogens with zero attached hydrogens (tertiary/aromatic N) is 2. The van der Waals surface area contributed by atoms with Crippen molar-refractivity contribution in [3.63, 3.8) is 0 Å². The predicted octanol–water partition coefficient (Wildman–Crippen LogP) is 2.82. The maximum atomic E-state index is 11.0. The van der Waals surface area contributed by atoms with Gasteiger partial charge < -0.3 is 5.11 Å². The molecule has 3 rings (SSSR count). The van der Waals surface area contributed by atoms with Crippen LogP contribution in [0.2, 0.25) is 0 Å². The number of hydrogen-bond acceptors (Lipinski definition) is 3. The summed E-state index contributed by atoms with van der Waals surface area (Å²) >= 11 is 1.87. The minimum absolute atomic E-state index is 0.0915. The molecule has 0 saturated heterocycles. The molecule has 1 aromatic heterocycles. The monoisotopic (exact) mass is 274 g/mol. The van der Waals surface area contributed by atoms with E-state index < -0.39 is 5.97 Å². The Bertz CT molecular complexity index is 663. The number of aromatic carboxylic acids is 1. The van der Waals surface area contributed by atoms with Gasteiger partial charge in [0.15, 0.2) is 5.69 Å². The fourth-order valence-electron chi connectivity index (χ4n) is 2.50. The number of hydrogen-bond donors (Lipinski definition) is 1. The molecule has 0 bridgehead atoms. The van der Waals surface area contributed by atoms with E-state index in [1.807, 2.05) is 23.9 Å². The average Bonchev–Trinajstić information content (AvgIpc) is 2.90. The molecule has 0 spiro atoms. The Labute approximate surface area is 115 Å². The highest BCUT2D eigenvalue weighted by Crippen LogP contribution is 2.41. The molecule has 2 aromatic rings. The second-order valence-electron chi connectivity index (χ2n) is 4.76. The molecular formula is C14H14N2O2S. The average molecular weight is 274 g/mol. The van der Waals surface area contributed by atoms with Gasteiger partial charge in [0.2, 0.25) is 0 Å². The molecule has 19 heavy (non-hydrogen) atoms. The van der Waals surface area contributed by atoms with Crippen LogP contribution in [-0.2, 0) is 13.5 Å². The summed E-state index contributed by atoms with van der Waals surface area (Å²) < 4.78 is 1.65. The first kappa shape index (κ1) is 12.3. The van der Waals surface area contributed by atoms with Gasteiger partial charge in [-0.1, -0.05) is 19.1 Å². The third kappa shape index (κ3) is 2.04. The van der Waals surface area contributed by atoms with Gasteiger partial charge in [-0.2, -0.15) is 5.10 Å². The zero-order valence-corrected chi connectivity index (χ0v) is 11.6. The summed E-state index contributed by atoms with van der Waals surface area (Å²) in [7, 11) is 1.78. The number of rotatable bonds is 2. The van der Waals surface area contributed by atoms with E-state index in [0.717, 1.165) is 17.7 Å². The van der Waals surface area contributed by atoms with Crippen LogP contribution in [0.25, 0.3) is 11.3 Å². The molecule has 0 saturated carbocycles. The van der Waals surface area contributed by atoms with E-state index in [0.29, 0.717) is 5.25 Å². The highest BCUT2D eigenvalue weighted by atomic mass is 32.2. The van der Waals surface area contributed by atoms with Crippen molar-refractivity contribution in [2.45, 2.75) is 23.5 Å². The van der Waals surface area contributed by atoms with Crippen molar-refractivity contribution in [2.24, 2.45) is 7.05 Å². The van der Waals surface area contributed by atoms with Crippen molar-refractivity contribution in [2.75, 3.05) is 0 Å². The van der Waals surface area contributed by atoms with Gasteiger partial charge in [-0.25, -0.2) is 4.79 Å². The standard InChI is InChI=1S/C14H14N2O2S/c1-8-6-10-9(4-3-5-13(10)19-8)12-7-11(14(17)18)15-16(12)2/h3-5,7-8H,6H2,1-2H3,(H,17,18). The number of thioether (sulfide) groups is 1. The van der Waals surface area contributed by atoms with Crippen LogP contribution in [0.3, 0.4) is 0 Å². The van der Waals surface area contributed by atoms with Crippen molar-refractivity contribution in [1.82, 2.24) is 9.78 Å². The molecule has 0 aliphatic carbocycles. The first-order valence-electron chi connectivity index (χ1n) is 6.12. The second kappa shape index (κ2) is 4.42. The quantitative estimate of drug-likeness (QED) is 0.915. The molecular weight excluding hydrogens is 260 g/mol. The normalized spacial score (nSPS) is 17.5.